The van der Waals surface area contributed by atoms with Crippen molar-refractivity contribution in [2.24, 2.45) is 0 Å². The molecular formula is C19H15ClN2O4S. The van der Waals surface area contributed by atoms with Crippen molar-refractivity contribution < 1.29 is 19.1 Å². The number of rotatable bonds is 5. The van der Waals surface area contributed by atoms with Gasteiger partial charge in [0, 0.05) is 28.4 Å². The van der Waals surface area contributed by atoms with E-state index < -0.39 is 18.5 Å². The van der Waals surface area contributed by atoms with Crippen molar-refractivity contribution in [3.05, 3.63) is 58.4 Å². The molecule has 2 amide bonds. The second-order valence-electron chi connectivity index (χ2n) is 5.62. The van der Waals surface area contributed by atoms with Crippen LogP contribution in [0.25, 0.3) is 10.1 Å². The fourth-order valence-corrected chi connectivity index (χ4v) is 3.78. The fourth-order valence-electron chi connectivity index (χ4n) is 2.38. The molecule has 27 heavy (non-hydrogen) atoms. The lowest BCUT2D eigenvalue weighted by molar-refractivity contribution is -0.119. The molecule has 3 rings (SSSR count). The summed E-state index contributed by atoms with van der Waals surface area (Å²) in [6.45, 7) is 0.976. The van der Waals surface area contributed by atoms with Crippen molar-refractivity contribution in [2.45, 2.75) is 6.92 Å². The highest BCUT2D eigenvalue weighted by molar-refractivity contribution is 7.21. The van der Waals surface area contributed by atoms with Crippen molar-refractivity contribution in [1.82, 2.24) is 0 Å². The Labute approximate surface area is 164 Å². The van der Waals surface area contributed by atoms with Crippen molar-refractivity contribution in [3.63, 3.8) is 0 Å². The molecule has 0 saturated heterocycles. The number of halogens is 1. The monoisotopic (exact) mass is 402 g/mol. The second-order valence-corrected chi connectivity index (χ2v) is 7.05. The molecule has 1 aromatic heterocycles. The number of carbonyl (C=O) groups excluding carboxylic acids is 3. The van der Waals surface area contributed by atoms with Gasteiger partial charge in [0.2, 0.25) is 5.91 Å². The van der Waals surface area contributed by atoms with E-state index in [2.05, 4.69) is 10.6 Å². The SMILES string of the molecule is CC(=O)Nc1ccc(NC(=O)COC(=O)c2sc3ccccc3c2Cl)cc1. The van der Waals surface area contributed by atoms with Gasteiger partial charge in [-0.05, 0) is 30.3 Å². The Balaban J connectivity index is 1.57. The molecule has 2 N–H and O–H groups in total. The molecular weight excluding hydrogens is 388 g/mol. The first kappa shape index (κ1) is 18.9. The normalized spacial score (nSPS) is 10.4. The maximum atomic E-state index is 12.2. The largest absolute Gasteiger partial charge is 0.451 e. The van der Waals surface area contributed by atoms with Crippen LogP contribution < -0.4 is 10.6 Å². The van der Waals surface area contributed by atoms with Gasteiger partial charge in [-0.2, -0.15) is 0 Å². The molecule has 0 spiro atoms. The van der Waals surface area contributed by atoms with Gasteiger partial charge in [0.1, 0.15) is 4.88 Å². The molecule has 3 aromatic rings. The van der Waals surface area contributed by atoms with Gasteiger partial charge in [-0.25, -0.2) is 4.79 Å². The number of hydrogen-bond donors (Lipinski definition) is 2. The summed E-state index contributed by atoms with van der Waals surface area (Å²) < 4.78 is 5.94. The molecule has 2 aromatic carbocycles. The number of amides is 2. The Morgan fingerprint density at radius 1 is 1.00 bits per heavy atom. The summed E-state index contributed by atoms with van der Waals surface area (Å²) >= 11 is 7.45. The van der Waals surface area contributed by atoms with Gasteiger partial charge in [0.25, 0.3) is 5.91 Å². The topological polar surface area (TPSA) is 84.5 Å². The molecule has 0 saturated carbocycles. The number of fused-ring (bicyclic) bond motifs is 1. The Kier molecular flexibility index (Phi) is 5.73. The first-order valence-electron chi connectivity index (χ1n) is 7.95. The summed E-state index contributed by atoms with van der Waals surface area (Å²) in [5, 5.41) is 6.35. The molecule has 1 heterocycles. The molecule has 0 aliphatic carbocycles. The van der Waals surface area contributed by atoms with E-state index in [4.69, 9.17) is 16.3 Å². The van der Waals surface area contributed by atoms with Gasteiger partial charge in [0.05, 0.1) is 5.02 Å². The molecule has 8 heteroatoms. The average Bonchev–Trinajstić information content (AvgIpc) is 2.98. The quantitative estimate of drug-likeness (QED) is 0.623. The van der Waals surface area contributed by atoms with Gasteiger partial charge in [-0.15, -0.1) is 11.3 Å². The summed E-state index contributed by atoms with van der Waals surface area (Å²) in [6, 6.07) is 13.9. The van der Waals surface area contributed by atoms with E-state index in [1.54, 1.807) is 24.3 Å². The van der Waals surface area contributed by atoms with Gasteiger partial charge >= 0.3 is 5.97 Å². The first-order chi connectivity index (χ1) is 12.9. The van der Waals surface area contributed by atoms with Gasteiger partial charge in [-0.3, -0.25) is 9.59 Å². The highest BCUT2D eigenvalue weighted by Crippen LogP contribution is 2.35. The van der Waals surface area contributed by atoms with Gasteiger partial charge < -0.3 is 15.4 Å². The number of anilines is 2. The van der Waals surface area contributed by atoms with E-state index in [9.17, 15) is 14.4 Å². The van der Waals surface area contributed by atoms with Crippen molar-refractivity contribution >= 4 is 62.2 Å². The summed E-state index contributed by atoms with van der Waals surface area (Å²) in [7, 11) is 0. The summed E-state index contributed by atoms with van der Waals surface area (Å²) in [5.74, 6) is -1.30. The minimum absolute atomic E-state index is 0.182. The number of thiophene rings is 1. The number of benzene rings is 2. The first-order valence-corrected chi connectivity index (χ1v) is 9.15. The highest BCUT2D eigenvalue weighted by atomic mass is 35.5. The van der Waals surface area contributed by atoms with Crippen LogP contribution in [0.1, 0.15) is 16.6 Å². The standard InChI is InChI=1S/C19H15ClN2O4S/c1-11(23)21-12-6-8-13(9-7-12)22-16(24)10-26-19(25)18-17(20)14-4-2-3-5-15(14)27-18/h2-9H,10H2,1H3,(H,21,23)(H,22,24). The molecule has 138 valence electrons. The summed E-state index contributed by atoms with van der Waals surface area (Å²) in [5.41, 5.74) is 1.14. The zero-order chi connectivity index (χ0) is 19.4. The lowest BCUT2D eigenvalue weighted by Crippen LogP contribution is -2.20. The summed E-state index contributed by atoms with van der Waals surface area (Å²) in [6.07, 6.45) is 0. The molecule has 0 atom stereocenters. The van der Waals surface area contributed by atoms with E-state index >= 15 is 0 Å². The van der Waals surface area contributed by atoms with Crippen molar-refractivity contribution in [2.75, 3.05) is 17.2 Å². The van der Waals surface area contributed by atoms with Crippen LogP contribution in [0, 0.1) is 0 Å². The van der Waals surface area contributed by atoms with Crippen LogP contribution in [0.3, 0.4) is 0 Å². The number of carbonyl (C=O) groups is 3. The van der Waals surface area contributed by atoms with Crippen LogP contribution >= 0.6 is 22.9 Å². The van der Waals surface area contributed by atoms with Gasteiger partial charge in [0.15, 0.2) is 6.61 Å². The summed E-state index contributed by atoms with van der Waals surface area (Å²) in [4.78, 5) is 35.5. The lowest BCUT2D eigenvalue weighted by Gasteiger charge is -2.07. The van der Waals surface area contributed by atoms with E-state index in [1.807, 2.05) is 24.3 Å². The van der Waals surface area contributed by atoms with Crippen LogP contribution in [0.4, 0.5) is 11.4 Å². The van der Waals surface area contributed by atoms with Crippen LogP contribution in [-0.2, 0) is 14.3 Å². The third-order valence-electron chi connectivity index (χ3n) is 3.54. The molecule has 0 unspecified atom stereocenters. The smallest absolute Gasteiger partial charge is 0.350 e. The minimum atomic E-state index is -0.641. The van der Waals surface area contributed by atoms with Crippen LogP contribution in [-0.4, -0.2) is 24.4 Å². The number of hydrogen-bond acceptors (Lipinski definition) is 5. The average molecular weight is 403 g/mol. The van der Waals surface area contributed by atoms with E-state index in [0.29, 0.717) is 16.4 Å². The number of ether oxygens (including phenoxy) is 1. The fraction of sp³-hybridized carbons (Fsp3) is 0.105. The molecule has 0 aliphatic rings. The van der Waals surface area contributed by atoms with Crippen molar-refractivity contribution in [3.8, 4) is 0 Å². The predicted molar refractivity (Wildman–Crippen MR) is 106 cm³/mol. The van der Waals surface area contributed by atoms with Crippen molar-refractivity contribution in [1.29, 1.82) is 0 Å². The number of nitrogens with one attached hydrogen (secondary N) is 2. The van der Waals surface area contributed by atoms with Crippen LogP contribution in [0.2, 0.25) is 5.02 Å². The van der Waals surface area contributed by atoms with E-state index in [1.165, 1.54) is 18.3 Å². The predicted octanol–water partition coefficient (Wildman–Crippen LogP) is 4.31. The molecule has 0 aliphatic heterocycles. The Morgan fingerprint density at radius 3 is 2.26 bits per heavy atom. The van der Waals surface area contributed by atoms with Crippen LogP contribution in [0.15, 0.2) is 48.5 Å². The Morgan fingerprint density at radius 2 is 1.63 bits per heavy atom. The maximum Gasteiger partial charge on any atom is 0.350 e. The van der Waals surface area contributed by atoms with E-state index in [-0.39, 0.29) is 10.8 Å². The Bertz CT molecular complexity index is 1010. The van der Waals surface area contributed by atoms with Gasteiger partial charge in [-0.1, -0.05) is 29.8 Å². The molecule has 0 bridgehead atoms. The minimum Gasteiger partial charge on any atom is -0.451 e. The number of esters is 1. The molecule has 0 radical (unpaired) electrons. The third-order valence-corrected chi connectivity index (χ3v) is 5.20. The van der Waals surface area contributed by atoms with E-state index in [0.717, 1.165) is 10.1 Å². The zero-order valence-electron chi connectivity index (χ0n) is 14.2. The highest BCUT2D eigenvalue weighted by Gasteiger charge is 2.19. The maximum absolute atomic E-state index is 12.2. The third kappa shape index (κ3) is 4.64. The Hall–Kier alpha value is -2.90. The second kappa shape index (κ2) is 8.20. The lowest BCUT2D eigenvalue weighted by atomic mass is 10.2. The zero-order valence-corrected chi connectivity index (χ0v) is 15.8. The van der Waals surface area contributed by atoms with Crippen LogP contribution in [0.5, 0.6) is 0 Å². The molecule has 6 nitrogen and oxygen atoms in total. The molecule has 0 fully saturated rings.